The van der Waals surface area contributed by atoms with Gasteiger partial charge >= 0.3 is 0 Å². The van der Waals surface area contributed by atoms with Crippen LogP contribution in [0.25, 0.3) is 27.7 Å². The maximum Gasteiger partial charge on any atom is 0.227 e. The van der Waals surface area contributed by atoms with Crippen LogP contribution >= 0.6 is 0 Å². The number of aryl methyl sites for hydroxylation is 1. The monoisotopic (exact) mass is 441 g/mol. The van der Waals surface area contributed by atoms with Gasteiger partial charge in [-0.2, -0.15) is 0 Å². The van der Waals surface area contributed by atoms with Crippen LogP contribution in [0.15, 0.2) is 48.5 Å². The summed E-state index contributed by atoms with van der Waals surface area (Å²) < 4.78 is 2.01. The van der Waals surface area contributed by atoms with Crippen molar-refractivity contribution >= 4 is 28.1 Å². The maximum atomic E-state index is 12.4. The highest BCUT2D eigenvalue weighted by atomic mass is 16.1. The average Bonchev–Trinajstić information content (AvgIpc) is 3.22. The second-order valence-electron chi connectivity index (χ2n) is 9.42. The molecule has 5 rings (SSSR count). The molecule has 4 aromatic rings. The van der Waals surface area contributed by atoms with Crippen molar-refractivity contribution in [3.05, 3.63) is 59.9 Å². The van der Waals surface area contributed by atoms with Gasteiger partial charge in [-0.15, -0.1) is 10.2 Å². The van der Waals surface area contributed by atoms with E-state index in [-0.39, 0.29) is 11.8 Å². The van der Waals surface area contributed by atoms with Gasteiger partial charge in [0.2, 0.25) is 5.91 Å². The minimum absolute atomic E-state index is 0.0302. The van der Waals surface area contributed by atoms with Crippen LogP contribution in [0.3, 0.4) is 0 Å². The number of amides is 1. The van der Waals surface area contributed by atoms with Crippen molar-refractivity contribution in [2.45, 2.75) is 46.6 Å². The van der Waals surface area contributed by atoms with Crippen molar-refractivity contribution in [2.75, 3.05) is 18.4 Å². The van der Waals surface area contributed by atoms with E-state index in [1.54, 1.807) is 0 Å². The Balaban J connectivity index is 1.49. The third-order valence-corrected chi connectivity index (χ3v) is 6.56. The molecule has 0 radical (unpaired) electrons. The number of aromatic nitrogens is 3. The lowest BCUT2D eigenvalue weighted by atomic mass is 10.0. The van der Waals surface area contributed by atoms with Crippen LogP contribution in [0.1, 0.15) is 44.5 Å². The summed E-state index contributed by atoms with van der Waals surface area (Å²) >= 11 is 0. The number of carbonyl (C=O) groups is 1. The number of benzene rings is 2. The van der Waals surface area contributed by atoms with Gasteiger partial charge in [-0.05, 0) is 67.7 Å². The Bertz CT molecular complexity index is 1300. The molecule has 1 fully saturated rings. The zero-order valence-corrected chi connectivity index (χ0v) is 19.6. The van der Waals surface area contributed by atoms with Crippen molar-refractivity contribution in [1.82, 2.24) is 19.5 Å². The first kappa shape index (κ1) is 21.6. The first-order valence-corrected chi connectivity index (χ1v) is 11.9. The minimum atomic E-state index is -0.112. The fourth-order valence-electron chi connectivity index (χ4n) is 4.65. The number of likely N-dealkylation sites (tertiary alicyclic amines) is 1. The van der Waals surface area contributed by atoms with Crippen molar-refractivity contribution in [2.24, 2.45) is 5.92 Å². The first-order chi connectivity index (χ1) is 16.0. The Morgan fingerprint density at radius 2 is 1.70 bits per heavy atom. The largest absolute Gasteiger partial charge is 0.323 e. The zero-order chi connectivity index (χ0) is 22.9. The van der Waals surface area contributed by atoms with Crippen LogP contribution in [0, 0.1) is 12.8 Å². The molecule has 2 aromatic carbocycles. The van der Waals surface area contributed by atoms with Crippen molar-refractivity contribution in [3.8, 4) is 11.1 Å². The summed E-state index contributed by atoms with van der Waals surface area (Å²) in [5.41, 5.74) is 6.09. The van der Waals surface area contributed by atoms with E-state index in [9.17, 15) is 4.79 Å². The van der Waals surface area contributed by atoms with Crippen LogP contribution in [-0.4, -0.2) is 38.5 Å². The van der Waals surface area contributed by atoms with Gasteiger partial charge in [-0.25, -0.2) is 0 Å². The summed E-state index contributed by atoms with van der Waals surface area (Å²) in [7, 11) is 0. The zero-order valence-electron chi connectivity index (χ0n) is 19.6. The standard InChI is InChI=1S/C27H31N5O/c1-18(2)27(33)28-24-16-23-15-22(11-12-25(23)32-19(3)29-30-26(24)32)21-9-7-20(8-10-21)17-31-13-5-4-6-14-31/h7-12,15-16,18H,4-6,13-14,17H2,1-3H3,(H,28,33). The van der Waals surface area contributed by atoms with Gasteiger partial charge in [0.15, 0.2) is 5.65 Å². The molecule has 1 amide bonds. The number of pyridine rings is 1. The Morgan fingerprint density at radius 3 is 2.42 bits per heavy atom. The van der Waals surface area contributed by atoms with Crippen molar-refractivity contribution in [1.29, 1.82) is 0 Å². The number of nitrogens with zero attached hydrogens (tertiary/aromatic N) is 4. The minimum Gasteiger partial charge on any atom is -0.323 e. The highest BCUT2D eigenvalue weighted by Crippen LogP contribution is 2.30. The quantitative estimate of drug-likeness (QED) is 0.448. The smallest absolute Gasteiger partial charge is 0.227 e. The molecule has 1 aliphatic rings. The van der Waals surface area contributed by atoms with E-state index >= 15 is 0 Å². The van der Waals surface area contributed by atoms with Crippen LogP contribution in [0.4, 0.5) is 5.69 Å². The van der Waals surface area contributed by atoms with Gasteiger partial charge in [0.05, 0.1) is 11.2 Å². The van der Waals surface area contributed by atoms with E-state index in [2.05, 4.69) is 62.9 Å². The molecule has 1 aliphatic heterocycles. The lowest BCUT2D eigenvalue weighted by molar-refractivity contribution is -0.118. The molecule has 0 bridgehead atoms. The second-order valence-corrected chi connectivity index (χ2v) is 9.42. The van der Waals surface area contributed by atoms with E-state index in [1.165, 1.54) is 43.5 Å². The van der Waals surface area contributed by atoms with Crippen molar-refractivity contribution in [3.63, 3.8) is 0 Å². The van der Waals surface area contributed by atoms with Gasteiger partial charge in [0.25, 0.3) is 0 Å². The number of carbonyl (C=O) groups excluding carboxylic acids is 1. The molecule has 0 atom stereocenters. The second kappa shape index (κ2) is 8.94. The normalized spacial score (nSPS) is 14.9. The lowest BCUT2D eigenvalue weighted by Gasteiger charge is -2.26. The molecule has 1 saturated heterocycles. The van der Waals surface area contributed by atoms with Crippen LogP contribution in [-0.2, 0) is 11.3 Å². The highest BCUT2D eigenvalue weighted by Gasteiger charge is 2.16. The molecule has 170 valence electrons. The fraction of sp³-hybridized carbons (Fsp3) is 0.370. The molecule has 1 N–H and O–H groups in total. The molecule has 6 heteroatoms. The van der Waals surface area contributed by atoms with Gasteiger partial charge < -0.3 is 5.32 Å². The number of rotatable bonds is 5. The average molecular weight is 442 g/mol. The van der Waals surface area contributed by atoms with Gasteiger partial charge in [-0.3, -0.25) is 14.1 Å². The van der Waals surface area contributed by atoms with Gasteiger partial charge in [0, 0.05) is 17.8 Å². The summed E-state index contributed by atoms with van der Waals surface area (Å²) in [5, 5.41) is 12.6. The molecule has 0 unspecified atom stereocenters. The van der Waals surface area contributed by atoms with Crippen LogP contribution < -0.4 is 5.32 Å². The number of hydrogen-bond donors (Lipinski definition) is 1. The maximum absolute atomic E-state index is 12.4. The Morgan fingerprint density at radius 1 is 0.970 bits per heavy atom. The van der Waals surface area contributed by atoms with Crippen LogP contribution in [0.2, 0.25) is 0 Å². The Labute approximate surface area is 194 Å². The summed E-state index contributed by atoms with van der Waals surface area (Å²) in [6.07, 6.45) is 3.99. The summed E-state index contributed by atoms with van der Waals surface area (Å²) in [4.78, 5) is 14.9. The van der Waals surface area contributed by atoms with Gasteiger partial charge in [0.1, 0.15) is 5.82 Å². The van der Waals surface area contributed by atoms with E-state index in [0.29, 0.717) is 11.3 Å². The molecule has 6 nitrogen and oxygen atoms in total. The number of hydrogen-bond acceptors (Lipinski definition) is 4. The summed E-state index contributed by atoms with van der Waals surface area (Å²) in [6, 6.07) is 17.4. The summed E-state index contributed by atoms with van der Waals surface area (Å²) in [5.74, 6) is 0.655. The van der Waals surface area contributed by atoms with Gasteiger partial charge in [-0.1, -0.05) is 50.6 Å². The highest BCUT2D eigenvalue weighted by molar-refractivity contribution is 6.00. The third-order valence-electron chi connectivity index (χ3n) is 6.56. The molecule has 0 spiro atoms. The molecule has 0 aliphatic carbocycles. The first-order valence-electron chi connectivity index (χ1n) is 11.9. The number of piperidine rings is 1. The molecule has 0 saturated carbocycles. The fourth-order valence-corrected chi connectivity index (χ4v) is 4.65. The van der Waals surface area contributed by atoms with Crippen LogP contribution in [0.5, 0.6) is 0 Å². The number of nitrogens with one attached hydrogen (secondary N) is 1. The van der Waals surface area contributed by atoms with E-state index in [0.717, 1.165) is 28.8 Å². The SMILES string of the molecule is Cc1nnc2c(NC(=O)C(C)C)cc3cc(-c4ccc(CN5CCCCC5)cc4)ccc3n12. The number of fused-ring (bicyclic) bond motifs is 3. The predicted octanol–water partition coefficient (Wildman–Crippen LogP) is 5.44. The topological polar surface area (TPSA) is 62.5 Å². The Kier molecular flexibility index (Phi) is 5.85. The molecular weight excluding hydrogens is 410 g/mol. The molecule has 3 heterocycles. The summed E-state index contributed by atoms with van der Waals surface area (Å²) in [6.45, 7) is 9.15. The molecule has 2 aromatic heterocycles. The van der Waals surface area contributed by atoms with E-state index in [1.807, 2.05) is 31.2 Å². The lowest BCUT2D eigenvalue weighted by Crippen LogP contribution is -2.28. The third kappa shape index (κ3) is 4.35. The molecule has 33 heavy (non-hydrogen) atoms. The number of anilines is 1. The van der Waals surface area contributed by atoms with E-state index < -0.39 is 0 Å². The van der Waals surface area contributed by atoms with E-state index in [4.69, 9.17) is 0 Å². The predicted molar refractivity (Wildman–Crippen MR) is 133 cm³/mol. The Hall–Kier alpha value is -3.25. The van der Waals surface area contributed by atoms with Crippen molar-refractivity contribution < 1.29 is 4.79 Å². The molecular formula is C27H31N5O.